The number of fused-ring (bicyclic) bond motifs is 3. The third kappa shape index (κ3) is 5.03. The van der Waals surface area contributed by atoms with E-state index in [1.54, 1.807) is 4.90 Å². The quantitative estimate of drug-likeness (QED) is 0.568. The number of rotatable bonds is 9. The number of nitrogens with one attached hydrogen (secondary N) is 1. The summed E-state index contributed by atoms with van der Waals surface area (Å²) in [5.74, 6) is -1.88. The minimum absolute atomic E-state index is 0.0827. The van der Waals surface area contributed by atoms with Crippen molar-refractivity contribution in [3.05, 3.63) is 59.7 Å². The van der Waals surface area contributed by atoms with Gasteiger partial charge in [0.05, 0.1) is 5.92 Å². The van der Waals surface area contributed by atoms with Crippen molar-refractivity contribution in [1.82, 2.24) is 10.2 Å². The van der Waals surface area contributed by atoms with Gasteiger partial charge in [0.1, 0.15) is 12.6 Å². The van der Waals surface area contributed by atoms with E-state index in [4.69, 9.17) is 9.47 Å². The van der Waals surface area contributed by atoms with Crippen LogP contribution in [0.15, 0.2) is 48.5 Å². The van der Waals surface area contributed by atoms with Crippen molar-refractivity contribution in [2.45, 2.75) is 44.2 Å². The molecule has 1 heterocycles. The molecule has 0 spiro atoms. The number of carboxylic acid groups (broad SMARTS) is 1. The molecule has 2 aromatic rings. The van der Waals surface area contributed by atoms with Crippen LogP contribution in [-0.2, 0) is 19.1 Å². The van der Waals surface area contributed by atoms with Gasteiger partial charge in [0.25, 0.3) is 0 Å². The van der Waals surface area contributed by atoms with Crippen LogP contribution < -0.4 is 5.32 Å². The lowest BCUT2D eigenvalue weighted by atomic mass is 9.98. The molecule has 1 fully saturated rings. The van der Waals surface area contributed by atoms with Crippen molar-refractivity contribution < 1.29 is 29.0 Å². The molecule has 0 aromatic heterocycles. The Morgan fingerprint density at radius 3 is 2.29 bits per heavy atom. The van der Waals surface area contributed by atoms with Crippen LogP contribution in [0.3, 0.4) is 0 Å². The van der Waals surface area contributed by atoms with Gasteiger partial charge in [-0.05, 0) is 35.1 Å². The largest absolute Gasteiger partial charge is 0.481 e. The van der Waals surface area contributed by atoms with Gasteiger partial charge in [0.2, 0.25) is 5.91 Å². The van der Waals surface area contributed by atoms with Gasteiger partial charge in [0.15, 0.2) is 0 Å². The molecule has 2 N–H and O–H groups in total. The summed E-state index contributed by atoms with van der Waals surface area (Å²) in [6, 6.07) is 14.9. The Bertz CT molecular complexity index is 1040. The summed E-state index contributed by atoms with van der Waals surface area (Å²) in [6.45, 7) is 2.64. The average Bonchev–Trinajstić information content (AvgIpc) is 3.44. The summed E-state index contributed by atoms with van der Waals surface area (Å²) in [6.07, 6.45) is 0.527. The number of methoxy groups -OCH3 is 1. The normalized spacial score (nSPS) is 19.7. The van der Waals surface area contributed by atoms with Gasteiger partial charge in [-0.25, -0.2) is 4.79 Å². The smallest absolute Gasteiger partial charge is 0.407 e. The summed E-state index contributed by atoms with van der Waals surface area (Å²) in [7, 11) is 1.53. The Labute approximate surface area is 205 Å². The molecule has 1 saturated heterocycles. The summed E-state index contributed by atoms with van der Waals surface area (Å²) in [4.78, 5) is 39.3. The number of likely N-dealkylation sites (tertiary alicyclic amines) is 1. The average molecular weight is 481 g/mol. The van der Waals surface area contributed by atoms with E-state index in [-0.39, 0.29) is 31.5 Å². The van der Waals surface area contributed by atoms with Crippen molar-refractivity contribution in [2.75, 3.05) is 26.9 Å². The number of nitrogens with zero attached hydrogens (tertiary/aromatic N) is 1. The molecule has 2 aliphatic rings. The highest BCUT2D eigenvalue weighted by molar-refractivity contribution is 5.87. The van der Waals surface area contributed by atoms with E-state index in [0.29, 0.717) is 19.4 Å². The third-order valence-corrected chi connectivity index (χ3v) is 7.11. The van der Waals surface area contributed by atoms with E-state index in [0.717, 1.165) is 22.3 Å². The van der Waals surface area contributed by atoms with Crippen molar-refractivity contribution >= 4 is 18.0 Å². The fourth-order valence-electron chi connectivity index (χ4n) is 5.40. The van der Waals surface area contributed by atoms with Crippen molar-refractivity contribution in [1.29, 1.82) is 0 Å². The molecular weight excluding hydrogens is 448 g/mol. The van der Waals surface area contributed by atoms with Crippen LogP contribution in [0.2, 0.25) is 0 Å². The van der Waals surface area contributed by atoms with Crippen LogP contribution in [0.1, 0.15) is 43.2 Å². The molecule has 2 aromatic carbocycles. The second-order valence-electron chi connectivity index (χ2n) is 9.04. The number of carbonyl (C=O) groups excluding carboxylic acids is 2. The Balaban J connectivity index is 1.43. The standard InChI is InChI=1S/C27H32N2O6/c1-3-24-21(26(31)32)12-14-29(24)25(30)23(13-15-34-2)28-27(33)35-16-22-19-10-6-4-8-17(19)18-9-5-7-11-20(18)22/h4-11,21-24H,3,12-16H2,1-2H3,(H,28,33)(H,31,32). The molecular formula is C27H32N2O6. The first-order chi connectivity index (χ1) is 17.0. The lowest BCUT2D eigenvalue weighted by Gasteiger charge is -2.30. The number of carboxylic acids is 1. The lowest BCUT2D eigenvalue weighted by molar-refractivity contribution is -0.143. The summed E-state index contributed by atoms with van der Waals surface area (Å²) >= 11 is 0. The fraction of sp³-hybridized carbons (Fsp3) is 0.444. The van der Waals surface area contributed by atoms with Gasteiger partial charge < -0.3 is 24.8 Å². The summed E-state index contributed by atoms with van der Waals surface area (Å²) in [5, 5.41) is 12.2. The number of hydrogen-bond acceptors (Lipinski definition) is 5. The molecule has 2 amide bonds. The second-order valence-corrected chi connectivity index (χ2v) is 9.04. The van der Waals surface area contributed by atoms with Crippen LogP contribution in [0, 0.1) is 5.92 Å². The van der Waals surface area contributed by atoms with Gasteiger partial charge in [0, 0.05) is 38.6 Å². The number of carbonyl (C=O) groups is 3. The molecule has 186 valence electrons. The molecule has 3 atom stereocenters. The van der Waals surface area contributed by atoms with Gasteiger partial charge in [-0.1, -0.05) is 55.5 Å². The van der Waals surface area contributed by atoms with E-state index in [2.05, 4.69) is 17.4 Å². The minimum atomic E-state index is -0.898. The Kier molecular flexibility index (Phi) is 7.70. The van der Waals surface area contributed by atoms with Crippen LogP contribution in [0.25, 0.3) is 11.1 Å². The number of alkyl carbamates (subject to hydrolysis) is 1. The monoisotopic (exact) mass is 480 g/mol. The zero-order valence-corrected chi connectivity index (χ0v) is 20.1. The molecule has 0 radical (unpaired) electrons. The van der Waals surface area contributed by atoms with Crippen LogP contribution in [-0.4, -0.2) is 66.9 Å². The maximum atomic E-state index is 13.3. The molecule has 8 heteroatoms. The number of hydrogen-bond donors (Lipinski definition) is 2. The highest BCUT2D eigenvalue weighted by Gasteiger charge is 2.42. The zero-order chi connectivity index (χ0) is 24.9. The highest BCUT2D eigenvalue weighted by atomic mass is 16.5. The van der Waals surface area contributed by atoms with Gasteiger partial charge >= 0.3 is 12.1 Å². The highest BCUT2D eigenvalue weighted by Crippen LogP contribution is 2.44. The third-order valence-electron chi connectivity index (χ3n) is 7.11. The number of aliphatic carboxylic acids is 1. The van der Waals surface area contributed by atoms with Crippen LogP contribution in [0.5, 0.6) is 0 Å². The SMILES string of the molecule is CCC1C(C(=O)O)CCN1C(=O)C(CCOC)NC(=O)OCC1c2ccccc2-c2ccccc21. The van der Waals surface area contributed by atoms with Crippen molar-refractivity contribution in [2.24, 2.45) is 5.92 Å². The minimum Gasteiger partial charge on any atom is -0.481 e. The second kappa shape index (κ2) is 10.9. The van der Waals surface area contributed by atoms with E-state index < -0.39 is 30.1 Å². The van der Waals surface area contributed by atoms with E-state index in [9.17, 15) is 19.5 Å². The molecule has 8 nitrogen and oxygen atoms in total. The Hall–Kier alpha value is -3.39. The van der Waals surface area contributed by atoms with Crippen molar-refractivity contribution in [3.8, 4) is 11.1 Å². The number of ether oxygens (including phenoxy) is 2. The number of benzene rings is 2. The molecule has 3 unspecified atom stereocenters. The van der Waals surface area contributed by atoms with Gasteiger partial charge in [-0.15, -0.1) is 0 Å². The predicted molar refractivity (Wildman–Crippen MR) is 130 cm³/mol. The molecule has 4 rings (SSSR count). The maximum absolute atomic E-state index is 13.3. The van der Waals surface area contributed by atoms with Gasteiger partial charge in [-0.2, -0.15) is 0 Å². The molecule has 35 heavy (non-hydrogen) atoms. The molecule has 0 saturated carbocycles. The Morgan fingerprint density at radius 1 is 1.09 bits per heavy atom. The molecule has 0 bridgehead atoms. The zero-order valence-electron chi connectivity index (χ0n) is 20.1. The first-order valence-corrected chi connectivity index (χ1v) is 12.1. The van der Waals surface area contributed by atoms with E-state index in [1.165, 1.54) is 7.11 Å². The molecule has 1 aliphatic carbocycles. The first kappa shape index (κ1) is 24.7. The van der Waals surface area contributed by atoms with E-state index >= 15 is 0 Å². The van der Waals surface area contributed by atoms with Crippen LogP contribution in [0.4, 0.5) is 4.79 Å². The fourth-order valence-corrected chi connectivity index (χ4v) is 5.40. The summed E-state index contributed by atoms with van der Waals surface area (Å²) < 4.78 is 10.8. The number of amides is 2. The topological polar surface area (TPSA) is 105 Å². The lowest BCUT2D eigenvalue weighted by Crippen LogP contribution is -2.51. The van der Waals surface area contributed by atoms with Crippen LogP contribution >= 0.6 is 0 Å². The predicted octanol–water partition coefficient (Wildman–Crippen LogP) is 3.64. The first-order valence-electron chi connectivity index (χ1n) is 12.1. The summed E-state index contributed by atoms with van der Waals surface area (Å²) in [5.41, 5.74) is 4.49. The van der Waals surface area contributed by atoms with Gasteiger partial charge in [-0.3, -0.25) is 9.59 Å². The Morgan fingerprint density at radius 2 is 1.71 bits per heavy atom. The maximum Gasteiger partial charge on any atom is 0.407 e. The van der Waals surface area contributed by atoms with E-state index in [1.807, 2.05) is 43.3 Å². The molecule has 1 aliphatic heterocycles. The van der Waals surface area contributed by atoms with Crippen molar-refractivity contribution in [3.63, 3.8) is 0 Å².